The average molecular weight is 265 g/mol. The number of nitrogens with two attached hydrogens (primary N) is 1. The van der Waals surface area contributed by atoms with Crippen molar-refractivity contribution >= 4 is 33.3 Å². The van der Waals surface area contributed by atoms with Gasteiger partial charge in [-0.05, 0) is 17.9 Å². The van der Waals surface area contributed by atoms with E-state index >= 15 is 0 Å². The van der Waals surface area contributed by atoms with Crippen LogP contribution in [0.1, 0.15) is 6.42 Å². The Balaban J connectivity index is 2.02. The standard InChI is InChI=1S/C11H15N5OS/c1-17-7-2-4-16(6-7)9-8-3-5-18-10(8)14-11(13-9)15-12/h3,5,7H,2,4,6,12H2,1H3,(H,13,14,15). The summed E-state index contributed by atoms with van der Waals surface area (Å²) in [7, 11) is 1.75. The van der Waals surface area contributed by atoms with Gasteiger partial charge in [-0.2, -0.15) is 4.98 Å². The van der Waals surface area contributed by atoms with Gasteiger partial charge in [0.1, 0.15) is 10.6 Å². The number of methoxy groups -OCH3 is 1. The molecule has 3 N–H and O–H groups in total. The van der Waals surface area contributed by atoms with Crippen LogP contribution in [-0.2, 0) is 4.74 Å². The lowest BCUT2D eigenvalue weighted by Gasteiger charge is -2.18. The molecule has 0 spiro atoms. The monoisotopic (exact) mass is 265 g/mol. The molecule has 1 saturated heterocycles. The molecule has 6 nitrogen and oxygen atoms in total. The van der Waals surface area contributed by atoms with Crippen molar-refractivity contribution < 1.29 is 4.74 Å². The van der Waals surface area contributed by atoms with Gasteiger partial charge in [-0.25, -0.2) is 10.8 Å². The van der Waals surface area contributed by atoms with E-state index in [0.29, 0.717) is 5.95 Å². The molecule has 3 heterocycles. The molecule has 1 aliphatic heterocycles. The average Bonchev–Trinajstić information content (AvgIpc) is 3.05. The lowest BCUT2D eigenvalue weighted by atomic mass is 10.3. The molecular weight excluding hydrogens is 250 g/mol. The van der Waals surface area contributed by atoms with E-state index in [1.54, 1.807) is 18.4 Å². The SMILES string of the molecule is COC1CCN(c2nc(NN)nc3sccc23)C1. The Bertz CT molecular complexity index is 557. The molecule has 0 saturated carbocycles. The van der Waals surface area contributed by atoms with Crippen LogP contribution in [0.25, 0.3) is 10.2 Å². The van der Waals surface area contributed by atoms with Crippen molar-refractivity contribution in [3.8, 4) is 0 Å². The van der Waals surface area contributed by atoms with Crippen molar-refractivity contribution in [3.63, 3.8) is 0 Å². The molecular formula is C11H15N5OS. The second-order valence-corrected chi connectivity index (χ2v) is 5.14. The normalized spacial score (nSPS) is 19.7. The van der Waals surface area contributed by atoms with Gasteiger partial charge >= 0.3 is 0 Å². The minimum Gasteiger partial charge on any atom is -0.380 e. The molecule has 2 aromatic rings. The topological polar surface area (TPSA) is 76.3 Å². The molecule has 0 radical (unpaired) electrons. The molecule has 3 rings (SSSR count). The van der Waals surface area contributed by atoms with E-state index in [9.17, 15) is 0 Å². The lowest BCUT2D eigenvalue weighted by Crippen LogP contribution is -2.24. The Morgan fingerprint density at radius 3 is 3.17 bits per heavy atom. The number of aromatic nitrogens is 2. The minimum atomic E-state index is 0.280. The highest BCUT2D eigenvalue weighted by Crippen LogP contribution is 2.31. The largest absolute Gasteiger partial charge is 0.380 e. The third-order valence-corrected chi connectivity index (χ3v) is 4.02. The van der Waals surface area contributed by atoms with Crippen LogP contribution in [0.3, 0.4) is 0 Å². The van der Waals surface area contributed by atoms with Gasteiger partial charge < -0.3 is 9.64 Å². The highest BCUT2D eigenvalue weighted by Gasteiger charge is 2.25. The van der Waals surface area contributed by atoms with Gasteiger partial charge in [0.15, 0.2) is 0 Å². The van der Waals surface area contributed by atoms with E-state index in [1.165, 1.54) is 0 Å². The Morgan fingerprint density at radius 2 is 2.44 bits per heavy atom. The first-order valence-electron chi connectivity index (χ1n) is 5.81. The van der Waals surface area contributed by atoms with Gasteiger partial charge in [0.05, 0.1) is 11.5 Å². The number of hydrazine groups is 1. The van der Waals surface area contributed by atoms with Crippen LogP contribution in [0.2, 0.25) is 0 Å². The van der Waals surface area contributed by atoms with E-state index in [-0.39, 0.29) is 6.10 Å². The van der Waals surface area contributed by atoms with Crippen molar-refractivity contribution in [1.29, 1.82) is 0 Å². The maximum atomic E-state index is 5.42. The summed E-state index contributed by atoms with van der Waals surface area (Å²) in [5.74, 6) is 6.81. The molecule has 0 amide bonds. The summed E-state index contributed by atoms with van der Waals surface area (Å²) in [5.41, 5.74) is 2.52. The molecule has 0 bridgehead atoms. The Hall–Kier alpha value is -1.44. The van der Waals surface area contributed by atoms with Crippen LogP contribution in [0.5, 0.6) is 0 Å². The van der Waals surface area contributed by atoms with Gasteiger partial charge in [0.2, 0.25) is 5.95 Å². The zero-order valence-electron chi connectivity index (χ0n) is 10.1. The number of nitrogens with zero attached hydrogens (tertiary/aromatic N) is 3. The summed E-state index contributed by atoms with van der Waals surface area (Å²) in [4.78, 5) is 12.0. The first-order valence-corrected chi connectivity index (χ1v) is 6.69. The quantitative estimate of drug-likeness (QED) is 0.641. The lowest BCUT2D eigenvalue weighted by molar-refractivity contribution is 0.121. The van der Waals surface area contributed by atoms with E-state index < -0.39 is 0 Å². The minimum absolute atomic E-state index is 0.280. The van der Waals surface area contributed by atoms with E-state index in [1.807, 2.05) is 5.38 Å². The molecule has 96 valence electrons. The molecule has 0 aliphatic carbocycles. The smallest absolute Gasteiger partial charge is 0.240 e. The van der Waals surface area contributed by atoms with Crippen LogP contribution in [0.15, 0.2) is 11.4 Å². The summed E-state index contributed by atoms with van der Waals surface area (Å²) in [6.07, 6.45) is 1.31. The van der Waals surface area contributed by atoms with Crippen LogP contribution < -0.4 is 16.2 Å². The van der Waals surface area contributed by atoms with Gasteiger partial charge in [0.25, 0.3) is 0 Å². The summed E-state index contributed by atoms with van der Waals surface area (Å²) in [5, 5.41) is 3.10. The highest BCUT2D eigenvalue weighted by molar-refractivity contribution is 7.16. The predicted octanol–water partition coefficient (Wildman–Crippen LogP) is 1.20. The van der Waals surface area contributed by atoms with Crippen molar-refractivity contribution in [2.24, 2.45) is 5.84 Å². The summed E-state index contributed by atoms with van der Waals surface area (Å²) >= 11 is 1.59. The van der Waals surface area contributed by atoms with E-state index in [0.717, 1.165) is 35.5 Å². The number of nitrogens with one attached hydrogen (secondary N) is 1. The number of fused-ring (bicyclic) bond motifs is 1. The number of anilines is 2. The molecule has 1 fully saturated rings. The van der Waals surface area contributed by atoms with Crippen LogP contribution in [-0.4, -0.2) is 36.3 Å². The molecule has 18 heavy (non-hydrogen) atoms. The molecule has 1 atom stereocenters. The molecule has 0 aromatic carbocycles. The number of hydrogen-bond acceptors (Lipinski definition) is 7. The third-order valence-electron chi connectivity index (χ3n) is 3.21. The van der Waals surface area contributed by atoms with E-state index in [4.69, 9.17) is 10.6 Å². The van der Waals surface area contributed by atoms with Crippen molar-refractivity contribution in [3.05, 3.63) is 11.4 Å². The van der Waals surface area contributed by atoms with E-state index in [2.05, 4.69) is 26.4 Å². The fraction of sp³-hybridized carbons (Fsp3) is 0.455. The second-order valence-electron chi connectivity index (χ2n) is 4.25. The number of nitrogen functional groups attached to an aromatic ring is 1. The fourth-order valence-electron chi connectivity index (χ4n) is 2.26. The fourth-order valence-corrected chi connectivity index (χ4v) is 3.02. The first-order chi connectivity index (χ1) is 8.81. The van der Waals surface area contributed by atoms with Crippen molar-refractivity contribution in [1.82, 2.24) is 9.97 Å². The molecule has 1 aliphatic rings. The summed E-state index contributed by atoms with van der Waals surface area (Å²) < 4.78 is 5.39. The second kappa shape index (κ2) is 4.68. The Kier molecular flexibility index (Phi) is 3.02. The van der Waals surface area contributed by atoms with Crippen LogP contribution >= 0.6 is 11.3 Å². The van der Waals surface area contributed by atoms with Gasteiger partial charge in [0, 0.05) is 20.2 Å². The van der Waals surface area contributed by atoms with Gasteiger partial charge in [-0.15, -0.1) is 11.3 Å². The molecule has 7 heteroatoms. The summed E-state index contributed by atoms with van der Waals surface area (Å²) in [6, 6.07) is 2.05. The first kappa shape index (κ1) is 11.6. The zero-order valence-corrected chi connectivity index (χ0v) is 10.9. The maximum Gasteiger partial charge on any atom is 0.240 e. The zero-order chi connectivity index (χ0) is 12.5. The highest BCUT2D eigenvalue weighted by atomic mass is 32.1. The maximum absolute atomic E-state index is 5.42. The van der Waals surface area contributed by atoms with Gasteiger partial charge in [-0.3, -0.25) is 5.43 Å². The Labute approximate surface area is 109 Å². The Morgan fingerprint density at radius 1 is 1.56 bits per heavy atom. The third kappa shape index (κ3) is 1.90. The number of ether oxygens (including phenoxy) is 1. The van der Waals surface area contributed by atoms with Gasteiger partial charge in [-0.1, -0.05) is 0 Å². The summed E-state index contributed by atoms with van der Waals surface area (Å²) in [6.45, 7) is 1.81. The van der Waals surface area contributed by atoms with Crippen molar-refractivity contribution in [2.45, 2.75) is 12.5 Å². The molecule has 1 unspecified atom stereocenters. The predicted molar refractivity (Wildman–Crippen MR) is 72.9 cm³/mol. The van der Waals surface area contributed by atoms with Crippen molar-refractivity contribution in [2.75, 3.05) is 30.5 Å². The molecule has 2 aromatic heterocycles. The number of hydrogen-bond donors (Lipinski definition) is 2. The van der Waals surface area contributed by atoms with Crippen LogP contribution in [0, 0.1) is 0 Å². The number of rotatable bonds is 3. The number of thiophene rings is 1. The van der Waals surface area contributed by atoms with Crippen LogP contribution in [0.4, 0.5) is 11.8 Å².